The Kier molecular flexibility index (Phi) is 5.17. The maximum atomic E-state index is 13.3. The number of hydrogen-bond acceptors (Lipinski definition) is 6. The van der Waals surface area contributed by atoms with Gasteiger partial charge in [-0.15, -0.1) is 0 Å². The highest BCUT2D eigenvalue weighted by molar-refractivity contribution is 6.40. The molecule has 3 unspecified atom stereocenters. The van der Waals surface area contributed by atoms with Gasteiger partial charge < -0.3 is 15.6 Å². The zero-order chi connectivity index (χ0) is 25.5. The number of amides is 2. The lowest BCUT2D eigenvalue weighted by molar-refractivity contribution is -0.148. The first-order valence-electron chi connectivity index (χ1n) is 13.6. The van der Waals surface area contributed by atoms with E-state index < -0.39 is 17.4 Å². The van der Waals surface area contributed by atoms with Crippen molar-refractivity contribution in [2.75, 3.05) is 12.0 Å². The van der Waals surface area contributed by atoms with E-state index in [0.717, 1.165) is 74.1 Å². The summed E-state index contributed by atoms with van der Waals surface area (Å²) < 4.78 is 7.76. The van der Waals surface area contributed by atoms with Gasteiger partial charge in [0.15, 0.2) is 5.65 Å². The summed E-state index contributed by atoms with van der Waals surface area (Å²) in [6.07, 6.45) is 11.4. The second-order valence-electron chi connectivity index (χ2n) is 11.9. The molecular formula is C27H34N6O4. The fraction of sp³-hybridized carbons (Fsp3) is 0.630. The van der Waals surface area contributed by atoms with Gasteiger partial charge in [-0.05, 0) is 81.6 Å². The van der Waals surface area contributed by atoms with Gasteiger partial charge in [0.2, 0.25) is 0 Å². The third-order valence-electron chi connectivity index (χ3n) is 9.73. The number of pyridine rings is 1. The van der Waals surface area contributed by atoms with Crippen LogP contribution in [0.3, 0.4) is 0 Å². The van der Waals surface area contributed by atoms with Crippen LogP contribution in [-0.2, 0) is 14.3 Å². The van der Waals surface area contributed by atoms with Gasteiger partial charge in [0.05, 0.1) is 28.6 Å². The SMILES string of the molecule is COC1CCC(N(C(=O)C(N)=O)c2[nH]n(C3[C@@H]4CC5C[C@H]3CC(O)(C5)C4)c3c2cnc2nccc23)CC1. The first-order valence-corrected chi connectivity index (χ1v) is 13.6. The molecule has 10 heteroatoms. The van der Waals surface area contributed by atoms with E-state index in [0.29, 0.717) is 29.2 Å². The third kappa shape index (κ3) is 3.52. The number of carbonyl (C=O) groups is 2. The highest BCUT2D eigenvalue weighted by atomic mass is 16.5. The normalized spacial score (nSPS) is 34.9. The van der Waals surface area contributed by atoms with Crippen molar-refractivity contribution in [3.05, 3.63) is 18.5 Å². The number of rotatable bonds is 4. The number of carbonyl (C=O) groups excluding carboxylic acids is 2. The highest BCUT2D eigenvalue weighted by Gasteiger charge is 2.56. The third-order valence-corrected chi connectivity index (χ3v) is 9.73. The maximum Gasteiger partial charge on any atom is 0.317 e. The second kappa shape index (κ2) is 8.26. The summed E-state index contributed by atoms with van der Waals surface area (Å²) in [5.74, 6) is 0.161. The Labute approximate surface area is 214 Å². The fourth-order valence-corrected chi connectivity index (χ4v) is 8.50. The lowest BCUT2D eigenvalue weighted by Gasteiger charge is -2.58. The number of nitrogens with two attached hydrogens (primary N) is 1. The summed E-state index contributed by atoms with van der Waals surface area (Å²) >= 11 is 0. The van der Waals surface area contributed by atoms with Crippen LogP contribution in [0.1, 0.15) is 63.8 Å². The van der Waals surface area contributed by atoms with Gasteiger partial charge in [-0.25, -0.2) is 9.97 Å². The molecule has 0 aromatic carbocycles. The molecule has 5 aliphatic rings. The molecule has 2 amide bonds. The van der Waals surface area contributed by atoms with E-state index >= 15 is 0 Å². The minimum Gasteiger partial charge on any atom is -0.390 e. The Hall–Kier alpha value is -2.98. The van der Waals surface area contributed by atoms with Gasteiger partial charge in [-0.2, -0.15) is 0 Å². The summed E-state index contributed by atoms with van der Waals surface area (Å²) in [6, 6.07) is 1.96. The summed E-state index contributed by atoms with van der Waals surface area (Å²) in [7, 11) is 1.71. The zero-order valence-corrected chi connectivity index (χ0v) is 21.1. The van der Waals surface area contributed by atoms with Crippen LogP contribution in [-0.4, -0.2) is 61.5 Å². The fourth-order valence-electron chi connectivity index (χ4n) is 8.50. The molecule has 37 heavy (non-hydrogen) atoms. The number of ether oxygens (including phenoxy) is 1. The van der Waals surface area contributed by atoms with Crippen LogP contribution in [0.15, 0.2) is 18.5 Å². The Balaban J connectivity index is 1.39. The van der Waals surface area contributed by atoms with Crippen molar-refractivity contribution in [3.8, 4) is 0 Å². The topological polar surface area (TPSA) is 139 Å². The molecule has 3 aromatic heterocycles. The largest absolute Gasteiger partial charge is 0.390 e. The van der Waals surface area contributed by atoms with Gasteiger partial charge in [-0.3, -0.25) is 24.3 Å². The molecule has 5 fully saturated rings. The predicted molar refractivity (Wildman–Crippen MR) is 137 cm³/mol. The monoisotopic (exact) mass is 506 g/mol. The number of nitrogens with one attached hydrogen (secondary N) is 1. The number of hydrogen-bond donors (Lipinski definition) is 3. The van der Waals surface area contributed by atoms with Crippen molar-refractivity contribution >= 4 is 39.6 Å². The quantitative estimate of drug-likeness (QED) is 0.465. The molecule has 4 N–H and O–H groups in total. The molecule has 5 atom stereocenters. The first-order chi connectivity index (χ1) is 17.8. The van der Waals surface area contributed by atoms with Gasteiger partial charge in [0.1, 0.15) is 5.82 Å². The van der Waals surface area contributed by atoms with Crippen LogP contribution in [0, 0.1) is 17.8 Å². The number of aromatic amines is 1. The van der Waals surface area contributed by atoms with Crippen LogP contribution in [0.2, 0.25) is 0 Å². The number of H-pyrrole nitrogens is 1. The van der Waals surface area contributed by atoms with E-state index in [-0.39, 0.29) is 18.2 Å². The van der Waals surface area contributed by atoms with Crippen molar-refractivity contribution in [3.63, 3.8) is 0 Å². The van der Waals surface area contributed by atoms with Gasteiger partial charge in [-0.1, -0.05) is 0 Å². The molecule has 5 aliphatic carbocycles. The number of aliphatic hydroxyl groups is 1. The van der Waals surface area contributed by atoms with Gasteiger partial charge in [0.25, 0.3) is 0 Å². The molecule has 0 aliphatic heterocycles. The molecule has 3 aromatic rings. The molecule has 196 valence electrons. The van der Waals surface area contributed by atoms with E-state index in [4.69, 9.17) is 10.5 Å². The Bertz CT molecular complexity index is 1370. The minimum atomic E-state index is -0.968. The van der Waals surface area contributed by atoms with Crippen molar-refractivity contribution in [2.45, 2.75) is 81.6 Å². The Morgan fingerprint density at radius 3 is 2.51 bits per heavy atom. The number of aromatic nitrogens is 4. The van der Waals surface area contributed by atoms with Gasteiger partial charge in [0, 0.05) is 30.9 Å². The minimum absolute atomic E-state index is 0.155. The van der Waals surface area contributed by atoms with Crippen LogP contribution >= 0.6 is 0 Å². The molecule has 5 saturated carbocycles. The first kappa shape index (κ1) is 23.2. The van der Waals surface area contributed by atoms with Crippen LogP contribution in [0.25, 0.3) is 21.9 Å². The molecule has 0 radical (unpaired) electrons. The second-order valence-corrected chi connectivity index (χ2v) is 11.9. The van der Waals surface area contributed by atoms with Crippen LogP contribution in [0.4, 0.5) is 5.82 Å². The Morgan fingerprint density at radius 2 is 1.86 bits per heavy atom. The van der Waals surface area contributed by atoms with E-state index in [2.05, 4.69) is 19.7 Å². The zero-order valence-electron chi connectivity index (χ0n) is 21.1. The molecule has 4 bridgehead atoms. The summed E-state index contributed by atoms with van der Waals surface area (Å²) in [5.41, 5.74) is 6.64. The molecule has 3 heterocycles. The number of fused-ring (bicyclic) bond motifs is 3. The van der Waals surface area contributed by atoms with Gasteiger partial charge >= 0.3 is 11.8 Å². The van der Waals surface area contributed by atoms with E-state index in [1.54, 1.807) is 24.4 Å². The number of nitrogens with zero attached hydrogens (tertiary/aromatic N) is 4. The number of primary amides is 1. The molecule has 0 spiro atoms. The molecule has 0 saturated heterocycles. The van der Waals surface area contributed by atoms with E-state index in [9.17, 15) is 14.7 Å². The highest BCUT2D eigenvalue weighted by Crippen LogP contribution is 2.60. The van der Waals surface area contributed by atoms with Crippen molar-refractivity contribution in [1.29, 1.82) is 0 Å². The maximum absolute atomic E-state index is 13.3. The van der Waals surface area contributed by atoms with Crippen molar-refractivity contribution < 1.29 is 19.4 Å². The molecule has 10 nitrogen and oxygen atoms in total. The average Bonchev–Trinajstić information content (AvgIpc) is 3.48. The Morgan fingerprint density at radius 1 is 1.14 bits per heavy atom. The summed E-state index contributed by atoms with van der Waals surface area (Å²) in [6.45, 7) is 0. The predicted octanol–water partition coefficient (Wildman–Crippen LogP) is 2.80. The number of methoxy groups -OCH3 is 1. The van der Waals surface area contributed by atoms with Crippen LogP contribution in [0.5, 0.6) is 0 Å². The summed E-state index contributed by atoms with van der Waals surface area (Å²) in [4.78, 5) is 36.2. The lowest BCUT2D eigenvalue weighted by atomic mass is 9.52. The standard InChI is InChI=1S/C27H34N6O4/c1-37-18-4-2-17(3-5-18)32(26(35)23(28)34)25-20-13-30-24-19(6-7-29-24)22(20)33(31-25)21-15-8-14-9-16(21)12-27(36,10-14)11-15/h6-7,13-18,21,31,36H,2-5,8-12H2,1H3,(H2,28,34)/t14?,15-,16+,17?,18?,21?,27?. The van der Waals surface area contributed by atoms with E-state index in [1.165, 1.54) is 0 Å². The van der Waals surface area contributed by atoms with Crippen LogP contribution < -0.4 is 10.6 Å². The van der Waals surface area contributed by atoms with Crippen molar-refractivity contribution in [1.82, 2.24) is 19.7 Å². The summed E-state index contributed by atoms with van der Waals surface area (Å²) in [5, 5.41) is 16.5. The smallest absolute Gasteiger partial charge is 0.317 e. The number of anilines is 1. The lowest BCUT2D eigenvalue weighted by Crippen LogP contribution is -2.55. The molecular weight excluding hydrogens is 472 g/mol. The average molecular weight is 507 g/mol. The van der Waals surface area contributed by atoms with Crippen molar-refractivity contribution in [2.24, 2.45) is 23.5 Å². The van der Waals surface area contributed by atoms with E-state index in [1.807, 2.05) is 6.07 Å². The molecule has 8 rings (SSSR count).